The van der Waals surface area contributed by atoms with Gasteiger partial charge in [-0.1, -0.05) is 103 Å². The maximum absolute atomic E-state index is 11.6. The average molecular weight is 517 g/mol. The molecule has 0 saturated heterocycles. The van der Waals surface area contributed by atoms with Crippen molar-refractivity contribution in [1.29, 1.82) is 0 Å². The Morgan fingerprint density at radius 1 is 0.857 bits per heavy atom. The molecule has 0 aliphatic rings. The Hall–Kier alpha value is -1.88. The van der Waals surface area contributed by atoms with Gasteiger partial charge < -0.3 is 18.9 Å². The highest BCUT2D eigenvalue weighted by atomic mass is 32.3. The van der Waals surface area contributed by atoms with E-state index in [2.05, 4.69) is 6.92 Å². The second-order valence-corrected chi connectivity index (χ2v) is 9.53. The van der Waals surface area contributed by atoms with Crippen LogP contribution in [0.25, 0.3) is 0 Å². The van der Waals surface area contributed by atoms with Gasteiger partial charge in [0.05, 0.1) is 12.2 Å². The number of phenols is 1. The summed E-state index contributed by atoms with van der Waals surface area (Å²) < 4.78 is 39.8. The van der Waals surface area contributed by atoms with Crippen molar-refractivity contribution in [2.45, 2.75) is 110 Å². The summed E-state index contributed by atoms with van der Waals surface area (Å²) in [6.45, 7) is 2.89. The normalized spacial score (nSPS) is 11.0. The van der Waals surface area contributed by atoms with Crippen molar-refractivity contribution in [3.8, 4) is 11.5 Å². The fourth-order valence-corrected chi connectivity index (χ4v) is 3.70. The van der Waals surface area contributed by atoms with E-state index in [0.717, 1.165) is 12.8 Å². The fourth-order valence-electron chi connectivity index (χ4n) is 3.70. The van der Waals surface area contributed by atoms with Crippen molar-refractivity contribution < 1.29 is 32.2 Å². The molecule has 0 heterocycles. The molecule has 1 aromatic carbocycles. The summed E-state index contributed by atoms with van der Waals surface area (Å²) in [6.07, 6.45) is 21.5. The van der Waals surface area contributed by atoms with Crippen LogP contribution in [0.4, 0.5) is 0 Å². The van der Waals surface area contributed by atoms with E-state index in [9.17, 15) is 9.90 Å². The lowest BCUT2D eigenvalue weighted by Crippen LogP contribution is -2.30. The minimum Gasteiger partial charge on any atom is -0.759 e. The number of unbranched alkanes of at least 4 members (excludes halogenated alkanes) is 15. The highest BCUT2D eigenvalue weighted by Crippen LogP contribution is 2.23. The number of phenolic OH excluding ortho intramolecular Hbond substituents is 1. The van der Waals surface area contributed by atoms with Gasteiger partial charge >= 0.3 is 0 Å². The van der Waals surface area contributed by atoms with Gasteiger partial charge in [-0.05, 0) is 24.6 Å². The molecule has 1 aromatic rings. The van der Waals surface area contributed by atoms with Crippen LogP contribution in [0.15, 0.2) is 18.2 Å². The number of carbonyl (C=O) groups excluding carboxylic acids is 1. The number of hydrazine groups is 1. The minimum atomic E-state index is -5.17. The molecule has 35 heavy (non-hydrogen) atoms. The van der Waals surface area contributed by atoms with E-state index in [1.165, 1.54) is 102 Å². The van der Waals surface area contributed by atoms with Crippen molar-refractivity contribution >= 4 is 16.3 Å². The van der Waals surface area contributed by atoms with Crippen LogP contribution in [0.5, 0.6) is 11.5 Å². The number of benzene rings is 1. The molecule has 204 valence electrons. The third kappa shape index (κ3) is 22.3. The third-order valence-electron chi connectivity index (χ3n) is 5.61. The van der Waals surface area contributed by atoms with Gasteiger partial charge in [0.25, 0.3) is 5.91 Å². The maximum Gasteiger partial charge on any atom is 0.269 e. The van der Waals surface area contributed by atoms with E-state index < -0.39 is 16.3 Å². The van der Waals surface area contributed by atoms with E-state index in [1.807, 2.05) is 5.43 Å². The first-order valence-corrected chi connectivity index (χ1v) is 14.2. The zero-order valence-corrected chi connectivity index (χ0v) is 22.0. The molecular formula is C25H44N2O7S-2. The van der Waals surface area contributed by atoms with Crippen molar-refractivity contribution in [1.82, 2.24) is 5.43 Å². The van der Waals surface area contributed by atoms with Crippen molar-refractivity contribution in [2.75, 3.05) is 6.61 Å². The topological polar surface area (TPSA) is 165 Å². The molecule has 0 aromatic heterocycles. The van der Waals surface area contributed by atoms with Crippen LogP contribution in [0, 0.1) is 0 Å². The van der Waals surface area contributed by atoms with Crippen molar-refractivity contribution in [3.63, 3.8) is 0 Å². The Bertz CT molecular complexity index is 765. The van der Waals surface area contributed by atoms with E-state index in [1.54, 1.807) is 6.07 Å². The van der Waals surface area contributed by atoms with E-state index in [0.29, 0.717) is 12.4 Å². The van der Waals surface area contributed by atoms with Crippen molar-refractivity contribution in [2.24, 2.45) is 5.84 Å². The summed E-state index contributed by atoms with van der Waals surface area (Å²) in [7, 11) is -5.17. The summed E-state index contributed by atoms with van der Waals surface area (Å²) in [6, 6.07) is 4.63. The Balaban J connectivity index is 0.00000209. The SMILES string of the molecule is CCCCCCCCCCCCCCCCCCOc1ccc(O)c(C(=O)NN)c1.O=S(=O)([O-])[O-]. The van der Waals surface area contributed by atoms with Crippen LogP contribution in [-0.2, 0) is 10.4 Å². The molecule has 1 amide bonds. The first-order chi connectivity index (χ1) is 16.7. The van der Waals surface area contributed by atoms with E-state index in [-0.39, 0.29) is 11.3 Å². The number of carbonyl (C=O) groups is 1. The molecule has 0 radical (unpaired) electrons. The van der Waals surface area contributed by atoms with Crippen LogP contribution in [0.1, 0.15) is 120 Å². The molecule has 0 unspecified atom stereocenters. The minimum absolute atomic E-state index is 0.104. The summed E-state index contributed by atoms with van der Waals surface area (Å²) in [4.78, 5) is 11.6. The fraction of sp³-hybridized carbons (Fsp3) is 0.720. The van der Waals surface area contributed by atoms with Crippen LogP contribution >= 0.6 is 0 Å². The standard InChI is InChI=1S/C25H44N2O3.H2O4S/c1-2-3-4-5-6-7-8-9-10-11-12-13-14-15-16-17-20-30-22-18-19-24(28)23(21-22)25(29)27-26;1-5(2,3)4/h18-19,21,28H,2-17,20,26H2,1H3,(H,27,29);(H2,1,2,3,4)/p-2. The molecule has 0 bridgehead atoms. The van der Waals surface area contributed by atoms with Crippen LogP contribution in [-0.4, -0.2) is 35.1 Å². The number of hydrogen-bond acceptors (Lipinski definition) is 8. The third-order valence-corrected chi connectivity index (χ3v) is 5.61. The maximum atomic E-state index is 11.6. The zero-order valence-electron chi connectivity index (χ0n) is 21.1. The molecule has 0 atom stereocenters. The monoisotopic (exact) mass is 516 g/mol. The lowest BCUT2D eigenvalue weighted by Gasteiger charge is -2.09. The van der Waals surface area contributed by atoms with Crippen LogP contribution in [0.3, 0.4) is 0 Å². The molecule has 0 fully saturated rings. The molecule has 0 aliphatic carbocycles. The summed E-state index contributed by atoms with van der Waals surface area (Å²) in [5, 5.41) is 9.68. The number of nitrogens with one attached hydrogen (secondary N) is 1. The molecule has 0 spiro atoms. The van der Waals surface area contributed by atoms with Gasteiger partial charge in [-0.15, -0.1) is 0 Å². The average Bonchev–Trinajstić information content (AvgIpc) is 2.80. The number of nitrogens with two attached hydrogens (primary N) is 1. The van der Waals surface area contributed by atoms with Gasteiger partial charge in [0.15, 0.2) is 0 Å². The van der Waals surface area contributed by atoms with Gasteiger partial charge in [-0.2, -0.15) is 0 Å². The van der Waals surface area contributed by atoms with Crippen LogP contribution in [0.2, 0.25) is 0 Å². The highest BCUT2D eigenvalue weighted by Gasteiger charge is 2.11. The smallest absolute Gasteiger partial charge is 0.269 e. The number of amides is 1. The first kappa shape index (κ1) is 33.1. The number of hydrogen-bond donors (Lipinski definition) is 3. The van der Waals surface area contributed by atoms with Gasteiger partial charge in [0, 0.05) is 10.4 Å². The number of aromatic hydroxyl groups is 1. The Morgan fingerprint density at radius 3 is 1.66 bits per heavy atom. The molecule has 1 rings (SSSR count). The van der Waals surface area contributed by atoms with Gasteiger partial charge in [-0.25, -0.2) is 5.84 Å². The Morgan fingerprint density at radius 2 is 1.26 bits per heavy atom. The van der Waals surface area contributed by atoms with E-state index >= 15 is 0 Å². The van der Waals surface area contributed by atoms with E-state index in [4.69, 9.17) is 28.1 Å². The van der Waals surface area contributed by atoms with Gasteiger partial charge in [0.1, 0.15) is 11.5 Å². The second-order valence-electron chi connectivity index (χ2n) is 8.71. The Labute approximate surface area is 211 Å². The molecule has 0 aliphatic heterocycles. The lowest BCUT2D eigenvalue weighted by molar-refractivity contribution is 0.0950. The molecule has 4 N–H and O–H groups in total. The molecule has 0 saturated carbocycles. The summed E-state index contributed by atoms with van der Waals surface area (Å²) >= 11 is 0. The predicted molar refractivity (Wildman–Crippen MR) is 135 cm³/mol. The van der Waals surface area contributed by atoms with Gasteiger partial charge in [-0.3, -0.25) is 18.6 Å². The lowest BCUT2D eigenvalue weighted by atomic mass is 10.0. The molecular weight excluding hydrogens is 472 g/mol. The summed E-state index contributed by atoms with van der Waals surface area (Å²) in [5.41, 5.74) is 2.15. The zero-order chi connectivity index (χ0) is 26.4. The summed E-state index contributed by atoms with van der Waals surface area (Å²) in [5.74, 6) is 5.06. The van der Waals surface area contributed by atoms with Gasteiger partial charge in [0.2, 0.25) is 0 Å². The quantitative estimate of drug-likeness (QED) is 0.0556. The number of ether oxygens (including phenoxy) is 1. The predicted octanol–water partition coefficient (Wildman–Crippen LogP) is 5.30. The Kier molecular flexibility index (Phi) is 20.3. The first-order valence-electron chi connectivity index (χ1n) is 12.8. The molecule has 10 heteroatoms. The number of nitrogen functional groups attached to an aromatic ring is 1. The van der Waals surface area contributed by atoms with Crippen molar-refractivity contribution in [3.05, 3.63) is 23.8 Å². The highest BCUT2D eigenvalue weighted by molar-refractivity contribution is 7.79. The molecule has 9 nitrogen and oxygen atoms in total. The second kappa shape index (κ2) is 21.4. The largest absolute Gasteiger partial charge is 0.759 e. The van der Waals surface area contributed by atoms with Crippen LogP contribution < -0.4 is 16.0 Å². The number of rotatable bonds is 19.